The lowest BCUT2D eigenvalue weighted by Crippen LogP contribution is -2.41. The van der Waals surface area contributed by atoms with E-state index in [4.69, 9.17) is 0 Å². The molecule has 1 aliphatic rings. The fourth-order valence-electron chi connectivity index (χ4n) is 2.91. The molecule has 1 saturated carbocycles. The molecule has 1 unspecified atom stereocenters. The van der Waals surface area contributed by atoms with Crippen LogP contribution in [0.5, 0.6) is 0 Å². The Hall–Kier alpha value is -1.68. The van der Waals surface area contributed by atoms with Crippen molar-refractivity contribution in [3.8, 4) is 0 Å². The van der Waals surface area contributed by atoms with Gasteiger partial charge in [0.05, 0.1) is 6.04 Å². The molecule has 1 fully saturated rings. The van der Waals surface area contributed by atoms with E-state index >= 15 is 0 Å². The van der Waals surface area contributed by atoms with E-state index in [9.17, 15) is 0 Å². The van der Waals surface area contributed by atoms with Crippen LogP contribution in [0.3, 0.4) is 0 Å². The fourth-order valence-corrected chi connectivity index (χ4v) is 2.91. The highest BCUT2D eigenvalue weighted by Gasteiger charge is 2.32. The molecule has 1 heterocycles. The standard InChI is InChI=1S/C15H20N4/c1-10-5-3-4-6-14(10)12-7-13(8-12)18-11(2)15-16-9-17-19-15/h3-6,9,11-13,18H,7-8H2,1-2H3,(H,16,17,19). The Kier molecular flexibility index (Phi) is 3.34. The normalized spacial score (nSPS) is 23.9. The average molecular weight is 256 g/mol. The Morgan fingerprint density at radius 3 is 2.79 bits per heavy atom. The van der Waals surface area contributed by atoms with Crippen molar-refractivity contribution in [1.29, 1.82) is 0 Å². The topological polar surface area (TPSA) is 53.6 Å². The van der Waals surface area contributed by atoms with Crippen molar-refractivity contribution in [1.82, 2.24) is 20.5 Å². The summed E-state index contributed by atoms with van der Waals surface area (Å²) in [5, 5.41) is 10.4. The minimum atomic E-state index is 0.241. The van der Waals surface area contributed by atoms with Crippen LogP contribution in [0.1, 0.15) is 48.7 Å². The average Bonchev–Trinajstić information content (AvgIpc) is 2.88. The molecule has 19 heavy (non-hydrogen) atoms. The molecule has 1 aliphatic carbocycles. The van der Waals surface area contributed by atoms with Gasteiger partial charge in [0.1, 0.15) is 12.2 Å². The maximum absolute atomic E-state index is 4.19. The summed E-state index contributed by atoms with van der Waals surface area (Å²) in [5.74, 6) is 1.62. The molecule has 1 aromatic heterocycles. The summed E-state index contributed by atoms with van der Waals surface area (Å²) in [6.07, 6.45) is 3.98. The SMILES string of the molecule is Cc1ccccc1C1CC(NC(C)c2ncn[nH]2)C1. The molecule has 0 aliphatic heterocycles. The zero-order valence-electron chi connectivity index (χ0n) is 11.4. The van der Waals surface area contributed by atoms with Crippen LogP contribution in [-0.4, -0.2) is 21.2 Å². The molecule has 0 radical (unpaired) electrons. The molecule has 100 valence electrons. The van der Waals surface area contributed by atoms with Crippen LogP contribution in [0.15, 0.2) is 30.6 Å². The van der Waals surface area contributed by atoms with Gasteiger partial charge in [-0.25, -0.2) is 4.98 Å². The van der Waals surface area contributed by atoms with Gasteiger partial charge in [0.15, 0.2) is 0 Å². The number of benzene rings is 1. The van der Waals surface area contributed by atoms with Crippen molar-refractivity contribution in [2.75, 3.05) is 0 Å². The van der Waals surface area contributed by atoms with E-state index in [-0.39, 0.29) is 6.04 Å². The molecule has 0 bridgehead atoms. The number of rotatable bonds is 4. The van der Waals surface area contributed by atoms with E-state index in [2.05, 4.69) is 58.6 Å². The van der Waals surface area contributed by atoms with Gasteiger partial charge >= 0.3 is 0 Å². The number of aryl methyl sites for hydroxylation is 1. The third-order valence-electron chi connectivity index (χ3n) is 4.10. The van der Waals surface area contributed by atoms with Crippen LogP contribution in [-0.2, 0) is 0 Å². The first kappa shape index (κ1) is 12.4. The summed E-state index contributed by atoms with van der Waals surface area (Å²) < 4.78 is 0. The Morgan fingerprint density at radius 2 is 2.11 bits per heavy atom. The number of nitrogens with one attached hydrogen (secondary N) is 2. The Labute approximate surface area is 113 Å². The highest BCUT2D eigenvalue weighted by Crippen LogP contribution is 2.38. The zero-order valence-corrected chi connectivity index (χ0v) is 11.4. The van der Waals surface area contributed by atoms with Crippen LogP contribution < -0.4 is 5.32 Å². The lowest BCUT2D eigenvalue weighted by molar-refractivity contribution is 0.267. The molecule has 0 spiro atoms. The number of hydrogen-bond acceptors (Lipinski definition) is 3. The monoisotopic (exact) mass is 256 g/mol. The van der Waals surface area contributed by atoms with Crippen molar-refractivity contribution >= 4 is 0 Å². The van der Waals surface area contributed by atoms with Gasteiger partial charge < -0.3 is 5.32 Å². The third-order valence-corrected chi connectivity index (χ3v) is 4.10. The Balaban J connectivity index is 1.55. The van der Waals surface area contributed by atoms with Crippen molar-refractivity contribution in [2.45, 2.75) is 44.7 Å². The predicted octanol–water partition coefficient (Wildman–Crippen LogP) is 2.71. The van der Waals surface area contributed by atoms with E-state index in [0.29, 0.717) is 12.0 Å². The van der Waals surface area contributed by atoms with Crippen LogP contribution in [0.4, 0.5) is 0 Å². The molecule has 4 heteroatoms. The smallest absolute Gasteiger partial charge is 0.141 e. The summed E-state index contributed by atoms with van der Waals surface area (Å²) in [4.78, 5) is 4.19. The van der Waals surface area contributed by atoms with Gasteiger partial charge in [-0.3, -0.25) is 5.10 Å². The first-order chi connectivity index (χ1) is 9.24. The van der Waals surface area contributed by atoms with Gasteiger partial charge in [-0.1, -0.05) is 24.3 Å². The molecule has 0 saturated heterocycles. The number of hydrogen-bond donors (Lipinski definition) is 2. The molecular weight excluding hydrogens is 236 g/mol. The minimum Gasteiger partial charge on any atom is -0.305 e. The first-order valence-electron chi connectivity index (χ1n) is 6.91. The van der Waals surface area contributed by atoms with Crippen LogP contribution in [0.2, 0.25) is 0 Å². The second-order valence-corrected chi connectivity index (χ2v) is 5.48. The van der Waals surface area contributed by atoms with E-state index in [0.717, 1.165) is 5.82 Å². The minimum absolute atomic E-state index is 0.241. The molecule has 3 rings (SSSR count). The summed E-state index contributed by atoms with van der Waals surface area (Å²) in [6, 6.07) is 9.54. The quantitative estimate of drug-likeness (QED) is 0.884. The largest absolute Gasteiger partial charge is 0.305 e. The van der Waals surface area contributed by atoms with Crippen LogP contribution >= 0.6 is 0 Å². The van der Waals surface area contributed by atoms with E-state index in [1.54, 1.807) is 6.33 Å². The molecule has 4 nitrogen and oxygen atoms in total. The molecule has 2 aromatic rings. The molecule has 1 atom stereocenters. The fraction of sp³-hybridized carbons (Fsp3) is 0.467. The second-order valence-electron chi connectivity index (χ2n) is 5.48. The van der Waals surface area contributed by atoms with Gasteiger partial charge in [-0.2, -0.15) is 5.10 Å². The van der Waals surface area contributed by atoms with Gasteiger partial charge in [-0.05, 0) is 43.7 Å². The van der Waals surface area contributed by atoms with Gasteiger partial charge in [0, 0.05) is 6.04 Å². The number of aromatic nitrogens is 3. The summed E-state index contributed by atoms with van der Waals surface area (Å²) in [7, 11) is 0. The Bertz CT molecular complexity index is 529. The van der Waals surface area contributed by atoms with Crippen molar-refractivity contribution in [2.24, 2.45) is 0 Å². The molecule has 0 amide bonds. The lowest BCUT2D eigenvalue weighted by atomic mass is 9.74. The van der Waals surface area contributed by atoms with Crippen molar-refractivity contribution < 1.29 is 0 Å². The third kappa shape index (κ3) is 2.54. The van der Waals surface area contributed by atoms with Crippen LogP contribution in [0.25, 0.3) is 0 Å². The van der Waals surface area contributed by atoms with Crippen molar-refractivity contribution in [3.63, 3.8) is 0 Å². The van der Waals surface area contributed by atoms with Crippen LogP contribution in [0, 0.1) is 6.92 Å². The van der Waals surface area contributed by atoms with E-state index in [1.165, 1.54) is 24.0 Å². The van der Waals surface area contributed by atoms with Gasteiger partial charge in [0.2, 0.25) is 0 Å². The second kappa shape index (κ2) is 5.13. The number of H-pyrrole nitrogens is 1. The highest BCUT2D eigenvalue weighted by atomic mass is 15.2. The van der Waals surface area contributed by atoms with E-state index in [1.807, 2.05) is 0 Å². The molecule has 1 aromatic carbocycles. The first-order valence-corrected chi connectivity index (χ1v) is 6.91. The summed E-state index contributed by atoms with van der Waals surface area (Å²) in [5.41, 5.74) is 2.92. The van der Waals surface area contributed by atoms with Gasteiger partial charge in [-0.15, -0.1) is 0 Å². The maximum atomic E-state index is 4.19. The molecular formula is C15H20N4. The zero-order chi connectivity index (χ0) is 13.2. The number of nitrogens with zero attached hydrogens (tertiary/aromatic N) is 2. The maximum Gasteiger partial charge on any atom is 0.141 e. The highest BCUT2D eigenvalue weighted by molar-refractivity contribution is 5.31. The predicted molar refractivity (Wildman–Crippen MR) is 74.9 cm³/mol. The molecule has 2 N–H and O–H groups in total. The van der Waals surface area contributed by atoms with Crippen molar-refractivity contribution in [3.05, 3.63) is 47.5 Å². The van der Waals surface area contributed by atoms with Gasteiger partial charge in [0.25, 0.3) is 0 Å². The summed E-state index contributed by atoms with van der Waals surface area (Å²) in [6.45, 7) is 4.33. The lowest BCUT2D eigenvalue weighted by Gasteiger charge is -2.38. The number of aromatic amines is 1. The summed E-state index contributed by atoms with van der Waals surface area (Å²) >= 11 is 0. The van der Waals surface area contributed by atoms with E-state index < -0.39 is 0 Å². The Morgan fingerprint density at radius 1 is 1.32 bits per heavy atom.